The van der Waals surface area contributed by atoms with Gasteiger partial charge in [0.1, 0.15) is 5.82 Å². The van der Waals surface area contributed by atoms with E-state index in [1.807, 2.05) is 0 Å². The number of nitrogens with zero attached hydrogens (tertiary/aromatic N) is 2. The molecule has 0 radical (unpaired) electrons. The number of guanidine groups is 1. The smallest absolute Gasteiger partial charge is 0.357 e. The quantitative estimate of drug-likeness (QED) is 0.497. The van der Waals surface area contributed by atoms with Crippen LogP contribution in [0.2, 0.25) is 0 Å². The van der Waals surface area contributed by atoms with Gasteiger partial charge in [-0.3, -0.25) is 4.98 Å². The Labute approximate surface area is 114 Å². The average Bonchev–Trinajstić information content (AvgIpc) is 2.36. The standard InChI is InChI=1S/C12H16F4N4/c1-2-17-11(19-7-5-12(14,15)16)20-8-10-9(13)4-3-6-18-10/h3-4,6H,2,5,7-8H2,1H3,(H2,17,19,20). The van der Waals surface area contributed by atoms with Gasteiger partial charge >= 0.3 is 6.18 Å². The topological polar surface area (TPSA) is 49.3 Å². The summed E-state index contributed by atoms with van der Waals surface area (Å²) in [7, 11) is 0. The Morgan fingerprint density at radius 3 is 2.70 bits per heavy atom. The van der Waals surface area contributed by atoms with Gasteiger partial charge in [-0.2, -0.15) is 13.2 Å². The summed E-state index contributed by atoms with van der Waals surface area (Å²) in [5, 5.41) is 5.32. The zero-order valence-electron chi connectivity index (χ0n) is 11.0. The van der Waals surface area contributed by atoms with Crippen molar-refractivity contribution >= 4 is 5.96 Å². The lowest BCUT2D eigenvalue weighted by Crippen LogP contribution is -2.38. The van der Waals surface area contributed by atoms with Crippen LogP contribution in [0.15, 0.2) is 23.3 Å². The summed E-state index contributed by atoms with van der Waals surface area (Å²) in [6.45, 7) is 1.93. The Hall–Kier alpha value is -1.86. The normalized spacial score (nSPS) is 12.3. The molecular weight excluding hydrogens is 276 g/mol. The minimum atomic E-state index is -4.22. The van der Waals surface area contributed by atoms with E-state index in [9.17, 15) is 17.6 Å². The van der Waals surface area contributed by atoms with Gasteiger partial charge in [-0.1, -0.05) is 0 Å². The highest BCUT2D eigenvalue weighted by Crippen LogP contribution is 2.18. The number of halogens is 4. The molecule has 0 fully saturated rings. The first kappa shape index (κ1) is 16.2. The molecule has 0 amide bonds. The second-order valence-electron chi connectivity index (χ2n) is 3.92. The van der Waals surface area contributed by atoms with E-state index >= 15 is 0 Å². The Bertz CT molecular complexity index is 445. The third-order valence-corrected chi connectivity index (χ3v) is 2.27. The number of aliphatic imine (C=N–C) groups is 1. The molecule has 0 spiro atoms. The molecule has 0 aliphatic rings. The molecule has 1 rings (SSSR count). The molecule has 0 aliphatic carbocycles. The van der Waals surface area contributed by atoms with E-state index in [0.29, 0.717) is 6.54 Å². The molecule has 0 unspecified atom stereocenters. The zero-order valence-corrected chi connectivity index (χ0v) is 11.0. The van der Waals surface area contributed by atoms with Crippen molar-refractivity contribution in [1.82, 2.24) is 15.6 Å². The molecule has 20 heavy (non-hydrogen) atoms. The maximum absolute atomic E-state index is 13.3. The largest absolute Gasteiger partial charge is 0.390 e. The van der Waals surface area contributed by atoms with Crippen molar-refractivity contribution in [2.45, 2.75) is 26.1 Å². The minimum absolute atomic E-state index is 0.0476. The molecule has 0 saturated heterocycles. The molecule has 0 atom stereocenters. The molecule has 2 N–H and O–H groups in total. The lowest BCUT2D eigenvalue weighted by molar-refractivity contribution is -0.132. The fourth-order valence-corrected chi connectivity index (χ4v) is 1.35. The van der Waals surface area contributed by atoms with Gasteiger partial charge < -0.3 is 10.6 Å². The Kier molecular flexibility index (Phi) is 6.20. The van der Waals surface area contributed by atoms with Crippen LogP contribution in [-0.4, -0.2) is 30.2 Å². The van der Waals surface area contributed by atoms with E-state index in [-0.39, 0.29) is 24.7 Å². The van der Waals surface area contributed by atoms with Crippen LogP contribution in [0.1, 0.15) is 19.0 Å². The predicted octanol–water partition coefficient (Wildman–Crippen LogP) is 2.23. The maximum Gasteiger partial charge on any atom is 0.390 e. The number of hydrogen-bond acceptors (Lipinski definition) is 2. The summed E-state index contributed by atoms with van der Waals surface area (Å²) in [6.07, 6.45) is -3.76. The molecule has 0 saturated carbocycles. The molecule has 1 aromatic rings. The van der Waals surface area contributed by atoms with Crippen LogP contribution in [0.4, 0.5) is 17.6 Å². The second kappa shape index (κ2) is 7.66. The molecule has 112 valence electrons. The van der Waals surface area contributed by atoms with Crippen molar-refractivity contribution in [3.8, 4) is 0 Å². The van der Waals surface area contributed by atoms with Crippen LogP contribution in [0, 0.1) is 5.82 Å². The van der Waals surface area contributed by atoms with Gasteiger partial charge in [0.05, 0.1) is 18.7 Å². The number of nitrogens with one attached hydrogen (secondary N) is 2. The average molecular weight is 292 g/mol. The number of aromatic nitrogens is 1. The molecule has 0 bridgehead atoms. The van der Waals surface area contributed by atoms with Gasteiger partial charge in [0, 0.05) is 19.3 Å². The first-order valence-electron chi connectivity index (χ1n) is 6.10. The molecule has 4 nitrogen and oxygen atoms in total. The SMILES string of the molecule is CCNC(=NCc1ncccc1F)NCCC(F)(F)F. The van der Waals surface area contributed by atoms with Crippen molar-refractivity contribution in [2.24, 2.45) is 4.99 Å². The fraction of sp³-hybridized carbons (Fsp3) is 0.500. The van der Waals surface area contributed by atoms with E-state index < -0.39 is 18.4 Å². The van der Waals surface area contributed by atoms with Crippen molar-refractivity contribution < 1.29 is 17.6 Å². The molecule has 0 aromatic carbocycles. The fourth-order valence-electron chi connectivity index (χ4n) is 1.35. The summed E-state index contributed by atoms with van der Waals surface area (Å²) < 4.78 is 49.4. The number of pyridine rings is 1. The number of rotatable bonds is 5. The summed E-state index contributed by atoms with van der Waals surface area (Å²) >= 11 is 0. The third kappa shape index (κ3) is 6.35. The Morgan fingerprint density at radius 1 is 1.35 bits per heavy atom. The van der Waals surface area contributed by atoms with Crippen molar-refractivity contribution in [1.29, 1.82) is 0 Å². The van der Waals surface area contributed by atoms with Gasteiger partial charge in [-0.05, 0) is 19.1 Å². The first-order chi connectivity index (χ1) is 9.42. The van der Waals surface area contributed by atoms with Crippen LogP contribution in [0.5, 0.6) is 0 Å². The Morgan fingerprint density at radius 2 is 2.10 bits per heavy atom. The van der Waals surface area contributed by atoms with Gasteiger partial charge in [0.25, 0.3) is 0 Å². The number of hydrogen-bond donors (Lipinski definition) is 2. The van der Waals surface area contributed by atoms with Crippen molar-refractivity contribution in [2.75, 3.05) is 13.1 Å². The predicted molar refractivity (Wildman–Crippen MR) is 67.7 cm³/mol. The maximum atomic E-state index is 13.3. The highest BCUT2D eigenvalue weighted by Gasteiger charge is 2.26. The highest BCUT2D eigenvalue weighted by molar-refractivity contribution is 5.79. The lowest BCUT2D eigenvalue weighted by Gasteiger charge is -2.12. The second-order valence-corrected chi connectivity index (χ2v) is 3.92. The zero-order chi connectivity index (χ0) is 15.0. The first-order valence-corrected chi connectivity index (χ1v) is 6.10. The summed E-state index contributed by atoms with van der Waals surface area (Å²) in [5.74, 6) is -0.302. The van der Waals surface area contributed by atoms with E-state index in [1.54, 1.807) is 6.92 Å². The number of alkyl halides is 3. The summed E-state index contributed by atoms with van der Waals surface area (Å²) in [6, 6.07) is 2.71. The van der Waals surface area contributed by atoms with Gasteiger partial charge in [0.2, 0.25) is 0 Å². The molecular formula is C12H16F4N4. The van der Waals surface area contributed by atoms with Crippen LogP contribution in [0.25, 0.3) is 0 Å². The lowest BCUT2D eigenvalue weighted by atomic mass is 10.3. The van der Waals surface area contributed by atoms with E-state index in [2.05, 4.69) is 20.6 Å². The van der Waals surface area contributed by atoms with Crippen LogP contribution in [0.3, 0.4) is 0 Å². The summed E-state index contributed by atoms with van der Waals surface area (Å²) in [4.78, 5) is 7.80. The van der Waals surface area contributed by atoms with Crippen molar-refractivity contribution in [3.05, 3.63) is 29.8 Å². The van der Waals surface area contributed by atoms with Gasteiger partial charge in [0.15, 0.2) is 5.96 Å². The van der Waals surface area contributed by atoms with Crippen LogP contribution >= 0.6 is 0 Å². The van der Waals surface area contributed by atoms with E-state index in [1.165, 1.54) is 18.3 Å². The summed E-state index contributed by atoms with van der Waals surface area (Å²) in [5.41, 5.74) is 0.139. The molecule has 0 aliphatic heterocycles. The van der Waals surface area contributed by atoms with Gasteiger partial charge in [-0.25, -0.2) is 9.38 Å². The molecule has 8 heteroatoms. The Balaban J connectivity index is 2.57. The molecule has 1 heterocycles. The van der Waals surface area contributed by atoms with Crippen molar-refractivity contribution in [3.63, 3.8) is 0 Å². The minimum Gasteiger partial charge on any atom is -0.357 e. The van der Waals surface area contributed by atoms with E-state index in [4.69, 9.17) is 0 Å². The van der Waals surface area contributed by atoms with Crippen LogP contribution < -0.4 is 10.6 Å². The third-order valence-electron chi connectivity index (χ3n) is 2.27. The monoisotopic (exact) mass is 292 g/mol. The van der Waals surface area contributed by atoms with Gasteiger partial charge in [-0.15, -0.1) is 0 Å². The molecule has 1 aromatic heterocycles. The van der Waals surface area contributed by atoms with E-state index in [0.717, 1.165) is 0 Å². The van der Waals surface area contributed by atoms with Crippen LogP contribution in [-0.2, 0) is 6.54 Å². The highest BCUT2D eigenvalue weighted by atomic mass is 19.4.